The Kier molecular flexibility index (Phi) is 2.26. The first-order valence-corrected chi connectivity index (χ1v) is 2.86. The van der Waals surface area contributed by atoms with E-state index in [-0.39, 0.29) is 5.91 Å². The van der Waals surface area contributed by atoms with Gasteiger partial charge in [0, 0.05) is 0 Å². The maximum Gasteiger partial charge on any atom is 0.229 e. The topological polar surface area (TPSA) is 46.3 Å². The molecule has 0 bridgehead atoms. The third-order valence-electron chi connectivity index (χ3n) is 0.957. The van der Waals surface area contributed by atoms with E-state index in [0.29, 0.717) is 0 Å². The van der Waals surface area contributed by atoms with E-state index < -0.39 is 5.54 Å². The standard InChI is InChI=1S/C5H13BN2O/c1-5(2,7)4(9)8(3)6/h6-7H2,1-3H3. The summed E-state index contributed by atoms with van der Waals surface area (Å²) >= 11 is 0. The largest absolute Gasteiger partial charge is 0.395 e. The first-order valence-electron chi connectivity index (χ1n) is 2.86. The van der Waals surface area contributed by atoms with Gasteiger partial charge in [0.05, 0.1) is 5.54 Å². The van der Waals surface area contributed by atoms with Gasteiger partial charge in [-0.25, -0.2) is 0 Å². The fourth-order valence-corrected chi connectivity index (χ4v) is 0.576. The average molecular weight is 128 g/mol. The van der Waals surface area contributed by atoms with Crippen molar-refractivity contribution >= 4 is 13.9 Å². The second kappa shape index (κ2) is 2.39. The van der Waals surface area contributed by atoms with Crippen molar-refractivity contribution < 1.29 is 4.79 Å². The lowest BCUT2D eigenvalue weighted by atomic mass is 10.0. The highest BCUT2D eigenvalue weighted by Gasteiger charge is 2.22. The highest BCUT2D eigenvalue weighted by molar-refractivity contribution is 6.15. The van der Waals surface area contributed by atoms with Gasteiger partial charge in [0.2, 0.25) is 13.9 Å². The van der Waals surface area contributed by atoms with Crippen LogP contribution in [-0.4, -0.2) is 31.3 Å². The van der Waals surface area contributed by atoms with Gasteiger partial charge >= 0.3 is 0 Å². The number of carbonyl (C=O) groups excluding carboxylic acids is 1. The fraction of sp³-hybridized carbons (Fsp3) is 0.800. The minimum atomic E-state index is -0.733. The quantitative estimate of drug-likeness (QED) is 0.447. The van der Waals surface area contributed by atoms with Crippen LogP contribution in [0.4, 0.5) is 0 Å². The third-order valence-corrected chi connectivity index (χ3v) is 0.957. The van der Waals surface area contributed by atoms with Gasteiger partial charge < -0.3 is 10.5 Å². The molecule has 0 aliphatic heterocycles. The Bertz CT molecular complexity index is 117. The zero-order valence-electron chi connectivity index (χ0n) is 6.43. The second-order valence-corrected chi connectivity index (χ2v) is 2.92. The first kappa shape index (κ1) is 8.49. The summed E-state index contributed by atoms with van der Waals surface area (Å²) in [4.78, 5) is 12.5. The molecular weight excluding hydrogens is 115 g/mol. The van der Waals surface area contributed by atoms with Crippen LogP contribution in [0.5, 0.6) is 0 Å². The molecule has 3 nitrogen and oxygen atoms in total. The van der Waals surface area contributed by atoms with Crippen molar-refractivity contribution in [3.63, 3.8) is 0 Å². The lowest BCUT2D eigenvalue weighted by Gasteiger charge is -2.22. The van der Waals surface area contributed by atoms with Crippen molar-refractivity contribution in [3.05, 3.63) is 0 Å². The van der Waals surface area contributed by atoms with Gasteiger partial charge in [-0.15, -0.1) is 0 Å². The summed E-state index contributed by atoms with van der Waals surface area (Å²) in [5, 5.41) is 0. The molecule has 2 N–H and O–H groups in total. The number of likely N-dealkylation sites (N-methyl/N-ethyl adjacent to an activating group) is 1. The molecule has 0 aliphatic rings. The van der Waals surface area contributed by atoms with E-state index in [1.54, 1.807) is 28.9 Å². The maximum atomic E-state index is 11.0. The Hall–Kier alpha value is -0.505. The van der Waals surface area contributed by atoms with Gasteiger partial charge in [0.25, 0.3) is 0 Å². The van der Waals surface area contributed by atoms with Crippen LogP contribution in [0.1, 0.15) is 13.8 Å². The summed E-state index contributed by atoms with van der Waals surface area (Å²) in [6.07, 6.45) is 0. The third kappa shape index (κ3) is 2.51. The molecule has 0 unspecified atom stereocenters. The molecule has 0 aromatic carbocycles. The molecule has 0 spiro atoms. The van der Waals surface area contributed by atoms with E-state index in [9.17, 15) is 4.79 Å². The Morgan fingerprint density at radius 1 is 1.67 bits per heavy atom. The SMILES string of the molecule is BN(C)C(=O)C(C)(C)N. The van der Waals surface area contributed by atoms with Crippen LogP contribution >= 0.6 is 0 Å². The predicted octanol–water partition coefficient (Wildman–Crippen LogP) is -1.27. The van der Waals surface area contributed by atoms with Crippen molar-refractivity contribution in [2.24, 2.45) is 5.73 Å². The molecule has 4 heteroatoms. The Labute approximate surface area is 56.6 Å². The predicted molar refractivity (Wildman–Crippen MR) is 39.6 cm³/mol. The van der Waals surface area contributed by atoms with Gasteiger partial charge in [0.1, 0.15) is 0 Å². The molecule has 0 atom stereocenters. The highest BCUT2D eigenvalue weighted by Crippen LogP contribution is 1.98. The van der Waals surface area contributed by atoms with E-state index in [0.717, 1.165) is 0 Å². The molecule has 0 saturated carbocycles. The normalized spacial score (nSPS) is 11.1. The van der Waals surface area contributed by atoms with Crippen LogP contribution in [0.3, 0.4) is 0 Å². The Morgan fingerprint density at radius 3 is 2.00 bits per heavy atom. The lowest BCUT2D eigenvalue weighted by molar-refractivity contribution is -0.130. The van der Waals surface area contributed by atoms with Gasteiger partial charge in [-0.3, -0.25) is 4.79 Å². The van der Waals surface area contributed by atoms with E-state index in [4.69, 9.17) is 5.73 Å². The van der Waals surface area contributed by atoms with Gasteiger partial charge in [-0.2, -0.15) is 0 Å². The van der Waals surface area contributed by atoms with Crippen molar-refractivity contribution in [1.82, 2.24) is 4.81 Å². The molecule has 0 aromatic rings. The molecule has 0 aliphatic carbocycles. The minimum Gasteiger partial charge on any atom is -0.395 e. The molecule has 0 rings (SSSR count). The lowest BCUT2D eigenvalue weighted by Crippen LogP contribution is -2.48. The zero-order valence-corrected chi connectivity index (χ0v) is 6.43. The molecule has 0 heterocycles. The summed E-state index contributed by atoms with van der Waals surface area (Å²) in [6.45, 7) is 3.38. The summed E-state index contributed by atoms with van der Waals surface area (Å²) < 4.78 is 0. The Morgan fingerprint density at radius 2 is 2.00 bits per heavy atom. The van der Waals surface area contributed by atoms with Crippen LogP contribution in [0.15, 0.2) is 0 Å². The first-order chi connectivity index (χ1) is 3.85. The van der Waals surface area contributed by atoms with E-state index in [2.05, 4.69) is 0 Å². The minimum absolute atomic E-state index is 0.0532. The van der Waals surface area contributed by atoms with E-state index in [1.165, 1.54) is 4.81 Å². The maximum absolute atomic E-state index is 11.0. The molecule has 0 aromatic heterocycles. The molecule has 52 valence electrons. The summed E-state index contributed by atoms with van der Waals surface area (Å²) in [6, 6.07) is 0. The number of rotatable bonds is 1. The van der Waals surface area contributed by atoms with E-state index >= 15 is 0 Å². The van der Waals surface area contributed by atoms with Gasteiger partial charge in [-0.05, 0) is 20.9 Å². The molecule has 0 radical (unpaired) electrons. The number of hydrogen-bond acceptors (Lipinski definition) is 2. The number of amides is 1. The van der Waals surface area contributed by atoms with Crippen LogP contribution in [0.25, 0.3) is 0 Å². The van der Waals surface area contributed by atoms with Crippen molar-refractivity contribution in [2.75, 3.05) is 7.05 Å². The summed E-state index contributed by atoms with van der Waals surface area (Å²) in [5.41, 5.74) is 4.76. The smallest absolute Gasteiger partial charge is 0.229 e. The number of nitrogens with zero attached hydrogens (tertiary/aromatic N) is 1. The molecule has 0 saturated heterocycles. The number of hydrogen-bond donors (Lipinski definition) is 1. The van der Waals surface area contributed by atoms with Crippen LogP contribution in [0, 0.1) is 0 Å². The monoisotopic (exact) mass is 128 g/mol. The highest BCUT2D eigenvalue weighted by atomic mass is 16.2. The molecular formula is C5H13BN2O. The average Bonchev–Trinajstić information content (AvgIpc) is 1.62. The molecule has 0 fully saturated rings. The molecule has 1 amide bonds. The number of nitrogens with two attached hydrogens (primary N) is 1. The van der Waals surface area contributed by atoms with Crippen LogP contribution in [-0.2, 0) is 4.79 Å². The summed E-state index contributed by atoms with van der Waals surface area (Å²) in [7, 11) is 3.38. The fourth-order valence-electron chi connectivity index (χ4n) is 0.576. The van der Waals surface area contributed by atoms with Crippen LogP contribution in [0.2, 0.25) is 0 Å². The zero-order chi connectivity index (χ0) is 7.65. The van der Waals surface area contributed by atoms with Crippen molar-refractivity contribution in [3.8, 4) is 0 Å². The molecule has 9 heavy (non-hydrogen) atoms. The van der Waals surface area contributed by atoms with E-state index in [1.807, 2.05) is 0 Å². The van der Waals surface area contributed by atoms with Gasteiger partial charge in [-0.1, -0.05) is 0 Å². The van der Waals surface area contributed by atoms with Gasteiger partial charge in [0.15, 0.2) is 0 Å². The summed E-state index contributed by atoms with van der Waals surface area (Å²) in [5.74, 6) is -0.0532. The van der Waals surface area contributed by atoms with Crippen molar-refractivity contribution in [1.29, 1.82) is 0 Å². The van der Waals surface area contributed by atoms with Crippen molar-refractivity contribution in [2.45, 2.75) is 19.4 Å². The Balaban J connectivity index is 4.06. The van der Waals surface area contributed by atoms with Crippen LogP contribution < -0.4 is 5.73 Å². The second-order valence-electron chi connectivity index (χ2n) is 2.92. The number of carbonyl (C=O) groups is 1.